The SMILES string of the molecule is C[C@@H](Sc1nnc2n1CCCCC2)C(=O)Nc1ccc(C(N)=O)cc1. The van der Waals surface area contributed by atoms with Gasteiger partial charge in [0.25, 0.3) is 0 Å². The van der Waals surface area contributed by atoms with E-state index in [0.717, 1.165) is 36.8 Å². The lowest BCUT2D eigenvalue weighted by molar-refractivity contribution is -0.115. The Morgan fingerprint density at radius 2 is 1.96 bits per heavy atom. The number of aromatic nitrogens is 3. The van der Waals surface area contributed by atoms with Crippen LogP contribution >= 0.6 is 11.8 Å². The number of carbonyl (C=O) groups is 2. The highest BCUT2D eigenvalue weighted by molar-refractivity contribution is 8.00. The van der Waals surface area contributed by atoms with E-state index in [9.17, 15) is 9.59 Å². The molecule has 0 unspecified atom stereocenters. The fourth-order valence-corrected chi connectivity index (χ4v) is 3.61. The Morgan fingerprint density at radius 1 is 1.20 bits per heavy atom. The number of aryl methyl sites for hydroxylation is 1. The fourth-order valence-electron chi connectivity index (χ4n) is 2.72. The number of nitrogens with two attached hydrogens (primary N) is 1. The van der Waals surface area contributed by atoms with E-state index in [0.29, 0.717) is 11.3 Å². The minimum Gasteiger partial charge on any atom is -0.366 e. The van der Waals surface area contributed by atoms with Gasteiger partial charge in [0, 0.05) is 24.2 Å². The summed E-state index contributed by atoms with van der Waals surface area (Å²) in [7, 11) is 0. The lowest BCUT2D eigenvalue weighted by atomic mass is 10.2. The third-order valence-corrected chi connectivity index (χ3v) is 5.24. The van der Waals surface area contributed by atoms with Crippen molar-refractivity contribution in [3.63, 3.8) is 0 Å². The molecule has 2 heterocycles. The van der Waals surface area contributed by atoms with Crippen LogP contribution in [0.5, 0.6) is 0 Å². The van der Waals surface area contributed by atoms with Crippen LogP contribution in [0, 0.1) is 0 Å². The fraction of sp³-hybridized carbons (Fsp3) is 0.412. The van der Waals surface area contributed by atoms with Crippen molar-refractivity contribution in [1.82, 2.24) is 14.8 Å². The third kappa shape index (κ3) is 4.19. The number of carbonyl (C=O) groups excluding carboxylic acids is 2. The van der Waals surface area contributed by atoms with E-state index in [1.165, 1.54) is 18.2 Å². The Kier molecular flexibility index (Phi) is 5.37. The second kappa shape index (κ2) is 7.69. The molecule has 3 N–H and O–H groups in total. The molecule has 2 amide bonds. The molecular weight excluding hydrogens is 338 g/mol. The Labute approximate surface area is 150 Å². The first-order chi connectivity index (χ1) is 12.0. The van der Waals surface area contributed by atoms with Crippen molar-refractivity contribution >= 4 is 29.3 Å². The molecule has 25 heavy (non-hydrogen) atoms. The number of nitrogens with one attached hydrogen (secondary N) is 1. The van der Waals surface area contributed by atoms with E-state index < -0.39 is 5.91 Å². The predicted molar refractivity (Wildman–Crippen MR) is 96.5 cm³/mol. The van der Waals surface area contributed by atoms with E-state index in [1.807, 2.05) is 6.92 Å². The van der Waals surface area contributed by atoms with Crippen molar-refractivity contribution in [2.24, 2.45) is 5.73 Å². The largest absolute Gasteiger partial charge is 0.366 e. The van der Waals surface area contributed by atoms with E-state index in [1.54, 1.807) is 24.3 Å². The second-order valence-electron chi connectivity index (χ2n) is 6.05. The van der Waals surface area contributed by atoms with E-state index in [-0.39, 0.29) is 11.2 Å². The molecule has 1 aliphatic rings. The van der Waals surface area contributed by atoms with Gasteiger partial charge in [-0.2, -0.15) is 0 Å². The van der Waals surface area contributed by atoms with E-state index in [2.05, 4.69) is 20.1 Å². The minimum atomic E-state index is -0.491. The maximum atomic E-state index is 12.4. The molecule has 0 fully saturated rings. The second-order valence-corrected chi connectivity index (χ2v) is 7.36. The number of hydrogen-bond donors (Lipinski definition) is 2. The molecule has 8 heteroatoms. The van der Waals surface area contributed by atoms with Gasteiger partial charge in [-0.3, -0.25) is 9.59 Å². The van der Waals surface area contributed by atoms with Gasteiger partial charge in [0.2, 0.25) is 11.8 Å². The summed E-state index contributed by atoms with van der Waals surface area (Å²) in [4.78, 5) is 23.5. The maximum Gasteiger partial charge on any atom is 0.248 e. The lowest BCUT2D eigenvalue weighted by Crippen LogP contribution is -2.23. The summed E-state index contributed by atoms with van der Waals surface area (Å²) in [6.45, 7) is 2.75. The molecule has 0 radical (unpaired) electrons. The number of thioether (sulfide) groups is 1. The minimum absolute atomic E-state index is 0.122. The first-order valence-corrected chi connectivity index (χ1v) is 9.22. The van der Waals surface area contributed by atoms with Gasteiger partial charge >= 0.3 is 0 Å². The molecule has 0 saturated heterocycles. The summed E-state index contributed by atoms with van der Waals surface area (Å²) < 4.78 is 2.13. The number of primary amides is 1. The molecule has 0 spiro atoms. The van der Waals surface area contributed by atoms with Gasteiger partial charge in [0.15, 0.2) is 5.16 Å². The van der Waals surface area contributed by atoms with Crippen LogP contribution in [-0.2, 0) is 17.8 Å². The van der Waals surface area contributed by atoms with Crippen molar-refractivity contribution in [2.45, 2.75) is 49.6 Å². The zero-order valence-corrected chi connectivity index (χ0v) is 14.9. The monoisotopic (exact) mass is 359 g/mol. The number of fused-ring (bicyclic) bond motifs is 1. The van der Waals surface area contributed by atoms with Crippen LogP contribution in [-0.4, -0.2) is 31.8 Å². The molecule has 7 nitrogen and oxygen atoms in total. The van der Waals surface area contributed by atoms with Gasteiger partial charge in [0.05, 0.1) is 5.25 Å². The Bertz CT molecular complexity index is 772. The molecule has 3 rings (SSSR count). The molecule has 1 aromatic carbocycles. The van der Waals surface area contributed by atoms with Crippen LogP contribution in [0.3, 0.4) is 0 Å². The van der Waals surface area contributed by atoms with Gasteiger partial charge in [-0.1, -0.05) is 18.2 Å². The summed E-state index contributed by atoms with van der Waals surface area (Å²) >= 11 is 1.41. The first kappa shape index (κ1) is 17.5. The van der Waals surface area contributed by atoms with E-state index >= 15 is 0 Å². The number of nitrogens with zero attached hydrogens (tertiary/aromatic N) is 3. The smallest absolute Gasteiger partial charge is 0.248 e. The molecule has 1 atom stereocenters. The maximum absolute atomic E-state index is 12.4. The van der Waals surface area contributed by atoms with Crippen LogP contribution in [0.2, 0.25) is 0 Å². The molecule has 0 aliphatic carbocycles. The highest BCUT2D eigenvalue weighted by Gasteiger charge is 2.21. The van der Waals surface area contributed by atoms with Crippen LogP contribution in [0.25, 0.3) is 0 Å². The summed E-state index contributed by atoms with van der Waals surface area (Å²) in [6.07, 6.45) is 4.40. The van der Waals surface area contributed by atoms with E-state index in [4.69, 9.17) is 5.73 Å². The van der Waals surface area contributed by atoms with Crippen LogP contribution in [0.15, 0.2) is 29.4 Å². The molecule has 1 aliphatic heterocycles. The average molecular weight is 359 g/mol. The van der Waals surface area contributed by atoms with Crippen molar-refractivity contribution in [1.29, 1.82) is 0 Å². The highest BCUT2D eigenvalue weighted by Crippen LogP contribution is 2.26. The first-order valence-electron chi connectivity index (χ1n) is 8.34. The molecule has 2 aromatic rings. The van der Waals surface area contributed by atoms with Crippen molar-refractivity contribution in [2.75, 3.05) is 5.32 Å². The summed E-state index contributed by atoms with van der Waals surface area (Å²) in [5, 5.41) is 11.8. The van der Waals surface area contributed by atoms with Gasteiger partial charge < -0.3 is 15.6 Å². The number of anilines is 1. The summed E-state index contributed by atoms with van der Waals surface area (Å²) in [5.41, 5.74) is 6.25. The van der Waals surface area contributed by atoms with Gasteiger partial charge in [-0.25, -0.2) is 0 Å². The molecular formula is C17H21N5O2S. The summed E-state index contributed by atoms with van der Waals surface area (Å²) in [5.74, 6) is 0.395. The van der Waals surface area contributed by atoms with Crippen molar-refractivity contribution < 1.29 is 9.59 Å². The molecule has 1 aromatic heterocycles. The number of amides is 2. The Balaban J connectivity index is 1.63. The quantitative estimate of drug-likeness (QED) is 0.797. The number of hydrogen-bond acceptors (Lipinski definition) is 5. The van der Waals surface area contributed by atoms with Gasteiger partial charge in [0.1, 0.15) is 5.82 Å². The molecule has 0 saturated carbocycles. The lowest BCUT2D eigenvalue weighted by Gasteiger charge is -2.13. The van der Waals surface area contributed by atoms with Crippen molar-refractivity contribution in [3.05, 3.63) is 35.7 Å². The zero-order valence-electron chi connectivity index (χ0n) is 14.1. The zero-order chi connectivity index (χ0) is 17.8. The number of rotatable bonds is 5. The summed E-state index contributed by atoms with van der Waals surface area (Å²) in [6, 6.07) is 6.51. The average Bonchev–Trinajstić information content (AvgIpc) is 2.82. The third-order valence-electron chi connectivity index (χ3n) is 4.16. The van der Waals surface area contributed by atoms with Gasteiger partial charge in [-0.05, 0) is 44.0 Å². The molecule has 132 valence electrons. The predicted octanol–water partition coefficient (Wildman–Crippen LogP) is 2.22. The Morgan fingerprint density at radius 3 is 2.68 bits per heavy atom. The normalized spacial score (nSPS) is 15.1. The topological polar surface area (TPSA) is 103 Å². The number of benzene rings is 1. The molecule has 0 bridgehead atoms. The Hall–Kier alpha value is -2.35. The van der Waals surface area contributed by atoms with Crippen LogP contribution in [0.1, 0.15) is 42.4 Å². The van der Waals surface area contributed by atoms with Crippen molar-refractivity contribution in [3.8, 4) is 0 Å². The standard InChI is InChI=1S/C17H21N5O2S/c1-11(16(24)19-13-8-6-12(7-9-13)15(18)23)25-17-21-20-14-5-3-2-4-10-22(14)17/h6-9,11H,2-5,10H2,1H3,(H2,18,23)(H,19,24)/t11-/m1/s1. The van der Waals surface area contributed by atoms with Gasteiger partial charge in [-0.15, -0.1) is 10.2 Å². The van der Waals surface area contributed by atoms with Crippen LogP contribution < -0.4 is 11.1 Å². The van der Waals surface area contributed by atoms with Crippen LogP contribution in [0.4, 0.5) is 5.69 Å². The highest BCUT2D eigenvalue weighted by atomic mass is 32.2.